The first kappa shape index (κ1) is 9.46. The van der Waals surface area contributed by atoms with Crippen LogP contribution in [0.5, 0.6) is 5.88 Å². The third kappa shape index (κ3) is 1.87. The number of aromatic nitrogens is 1. The summed E-state index contributed by atoms with van der Waals surface area (Å²) in [5, 5.41) is 0. The molecular weight excluding hydrogens is 176 g/mol. The lowest BCUT2D eigenvalue weighted by molar-refractivity contribution is 0.319. The van der Waals surface area contributed by atoms with Crippen LogP contribution >= 0.6 is 0 Å². The van der Waals surface area contributed by atoms with Crippen molar-refractivity contribution in [1.82, 2.24) is 4.98 Å². The molecule has 0 aromatic carbocycles. The summed E-state index contributed by atoms with van der Waals surface area (Å²) < 4.78 is 5.44. The van der Waals surface area contributed by atoms with E-state index in [1.54, 1.807) is 6.20 Å². The van der Waals surface area contributed by atoms with Gasteiger partial charge in [-0.25, -0.2) is 4.98 Å². The van der Waals surface area contributed by atoms with Crippen molar-refractivity contribution in [3.8, 4) is 5.88 Å². The second kappa shape index (κ2) is 3.96. The molecule has 1 atom stereocenters. The van der Waals surface area contributed by atoms with Crippen molar-refractivity contribution in [1.29, 1.82) is 0 Å². The molecule has 1 unspecified atom stereocenters. The summed E-state index contributed by atoms with van der Waals surface area (Å²) >= 11 is 0. The average Bonchev–Trinajstić information content (AvgIpc) is 3.01. The quantitative estimate of drug-likeness (QED) is 0.792. The van der Waals surface area contributed by atoms with Gasteiger partial charge in [-0.1, -0.05) is 6.07 Å². The Kier molecular flexibility index (Phi) is 2.68. The summed E-state index contributed by atoms with van der Waals surface area (Å²) in [5.74, 6) is 1.34. The molecule has 0 bridgehead atoms. The van der Waals surface area contributed by atoms with Gasteiger partial charge in [-0.05, 0) is 31.7 Å². The van der Waals surface area contributed by atoms with Crippen LogP contribution in [0.1, 0.15) is 31.4 Å². The fraction of sp³-hybridized carbons (Fsp3) is 0.545. The highest BCUT2D eigenvalue weighted by Crippen LogP contribution is 2.41. The number of rotatable bonds is 4. The van der Waals surface area contributed by atoms with E-state index in [1.165, 1.54) is 12.8 Å². The third-order valence-corrected chi connectivity index (χ3v) is 2.57. The van der Waals surface area contributed by atoms with Gasteiger partial charge in [0.25, 0.3) is 0 Å². The van der Waals surface area contributed by atoms with Gasteiger partial charge in [0.15, 0.2) is 0 Å². The largest absolute Gasteiger partial charge is 0.478 e. The molecule has 14 heavy (non-hydrogen) atoms. The van der Waals surface area contributed by atoms with Crippen LogP contribution in [0.25, 0.3) is 0 Å². The number of ether oxygens (including phenoxy) is 1. The molecule has 2 rings (SSSR count). The summed E-state index contributed by atoms with van der Waals surface area (Å²) in [7, 11) is 0. The maximum Gasteiger partial charge on any atom is 0.218 e. The lowest BCUT2D eigenvalue weighted by Crippen LogP contribution is -2.14. The molecule has 1 fully saturated rings. The van der Waals surface area contributed by atoms with E-state index in [-0.39, 0.29) is 6.04 Å². The van der Waals surface area contributed by atoms with E-state index < -0.39 is 0 Å². The lowest BCUT2D eigenvalue weighted by atomic mass is 10.1. The molecule has 0 amide bonds. The maximum atomic E-state index is 6.11. The Morgan fingerprint density at radius 3 is 3.07 bits per heavy atom. The fourth-order valence-corrected chi connectivity index (χ4v) is 1.62. The Morgan fingerprint density at radius 1 is 1.64 bits per heavy atom. The predicted octanol–water partition coefficient (Wildman–Crippen LogP) is 1.89. The minimum atomic E-state index is 0.102. The highest BCUT2D eigenvalue weighted by Gasteiger charge is 2.31. The second-order valence-corrected chi connectivity index (χ2v) is 3.69. The van der Waals surface area contributed by atoms with Crippen molar-refractivity contribution in [3.05, 3.63) is 23.9 Å². The number of nitrogens with zero attached hydrogens (tertiary/aromatic N) is 1. The van der Waals surface area contributed by atoms with Crippen molar-refractivity contribution >= 4 is 0 Å². The highest BCUT2D eigenvalue weighted by atomic mass is 16.5. The van der Waals surface area contributed by atoms with Gasteiger partial charge in [-0.3, -0.25) is 0 Å². The number of hydrogen-bond donors (Lipinski definition) is 1. The Hall–Kier alpha value is -1.09. The van der Waals surface area contributed by atoms with Crippen LogP contribution < -0.4 is 10.5 Å². The van der Waals surface area contributed by atoms with Gasteiger partial charge in [-0.15, -0.1) is 0 Å². The third-order valence-electron chi connectivity index (χ3n) is 2.57. The molecule has 1 heterocycles. The Morgan fingerprint density at radius 2 is 2.43 bits per heavy atom. The van der Waals surface area contributed by atoms with Crippen LogP contribution in [-0.4, -0.2) is 11.6 Å². The molecule has 0 saturated heterocycles. The molecule has 1 aliphatic carbocycles. The van der Waals surface area contributed by atoms with Crippen LogP contribution in [0.4, 0.5) is 0 Å². The molecule has 1 aromatic rings. The SMILES string of the molecule is CCOc1ncccc1C(N)C1CC1. The summed E-state index contributed by atoms with van der Waals surface area (Å²) in [6, 6.07) is 4.03. The van der Waals surface area contributed by atoms with Crippen LogP contribution in [0, 0.1) is 5.92 Å². The van der Waals surface area contributed by atoms with Crippen molar-refractivity contribution < 1.29 is 4.74 Å². The van der Waals surface area contributed by atoms with Crippen LogP contribution in [0.3, 0.4) is 0 Å². The molecular formula is C11H16N2O. The summed E-state index contributed by atoms with van der Waals surface area (Å²) in [6.45, 7) is 2.60. The van der Waals surface area contributed by atoms with E-state index >= 15 is 0 Å². The normalized spacial score (nSPS) is 17.9. The summed E-state index contributed by atoms with van der Waals surface area (Å²) in [4.78, 5) is 4.20. The molecule has 1 aliphatic rings. The minimum absolute atomic E-state index is 0.102. The topological polar surface area (TPSA) is 48.1 Å². The van der Waals surface area contributed by atoms with Gasteiger partial charge < -0.3 is 10.5 Å². The van der Waals surface area contributed by atoms with E-state index in [2.05, 4.69) is 4.98 Å². The van der Waals surface area contributed by atoms with Crippen molar-refractivity contribution in [3.63, 3.8) is 0 Å². The molecule has 76 valence electrons. The van der Waals surface area contributed by atoms with E-state index in [4.69, 9.17) is 10.5 Å². The first-order valence-electron chi connectivity index (χ1n) is 5.16. The Bertz CT molecular complexity index is 310. The minimum Gasteiger partial charge on any atom is -0.478 e. The molecule has 1 saturated carbocycles. The average molecular weight is 192 g/mol. The molecule has 3 heteroatoms. The van der Waals surface area contributed by atoms with Crippen LogP contribution in [0.2, 0.25) is 0 Å². The Labute approximate surface area is 84.3 Å². The first-order valence-corrected chi connectivity index (χ1v) is 5.16. The number of hydrogen-bond acceptors (Lipinski definition) is 3. The standard InChI is InChI=1S/C11H16N2O/c1-2-14-11-9(4-3-7-13-11)10(12)8-5-6-8/h3-4,7-8,10H,2,5-6,12H2,1H3. The fourth-order valence-electron chi connectivity index (χ4n) is 1.62. The predicted molar refractivity (Wildman–Crippen MR) is 55.1 cm³/mol. The van der Waals surface area contributed by atoms with E-state index in [9.17, 15) is 0 Å². The number of pyridine rings is 1. The van der Waals surface area contributed by atoms with Crippen LogP contribution in [-0.2, 0) is 0 Å². The van der Waals surface area contributed by atoms with Gasteiger partial charge in [0.05, 0.1) is 6.61 Å². The zero-order valence-corrected chi connectivity index (χ0v) is 8.44. The Balaban J connectivity index is 2.20. The smallest absolute Gasteiger partial charge is 0.218 e. The molecule has 0 radical (unpaired) electrons. The molecule has 1 aromatic heterocycles. The zero-order chi connectivity index (χ0) is 9.97. The van der Waals surface area contributed by atoms with E-state index in [0.717, 1.165) is 5.56 Å². The van der Waals surface area contributed by atoms with E-state index in [0.29, 0.717) is 18.4 Å². The number of nitrogens with two attached hydrogens (primary N) is 1. The molecule has 0 spiro atoms. The van der Waals surface area contributed by atoms with Gasteiger partial charge in [0.2, 0.25) is 5.88 Å². The molecule has 2 N–H and O–H groups in total. The van der Waals surface area contributed by atoms with E-state index in [1.807, 2.05) is 19.1 Å². The van der Waals surface area contributed by atoms with Gasteiger partial charge in [0, 0.05) is 17.8 Å². The monoisotopic (exact) mass is 192 g/mol. The van der Waals surface area contributed by atoms with Crippen molar-refractivity contribution in [2.75, 3.05) is 6.61 Å². The van der Waals surface area contributed by atoms with Crippen LogP contribution in [0.15, 0.2) is 18.3 Å². The second-order valence-electron chi connectivity index (χ2n) is 3.69. The lowest BCUT2D eigenvalue weighted by Gasteiger charge is -2.14. The molecule has 0 aliphatic heterocycles. The summed E-state index contributed by atoms with van der Waals surface area (Å²) in [5.41, 5.74) is 7.16. The van der Waals surface area contributed by atoms with Gasteiger partial charge in [-0.2, -0.15) is 0 Å². The zero-order valence-electron chi connectivity index (χ0n) is 8.44. The van der Waals surface area contributed by atoms with Crippen molar-refractivity contribution in [2.45, 2.75) is 25.8 Å². The highest BCUT2D eigenvalue weighted by molar-refractivity contribution is 5.30. The van der Waals surface area contributed by atoms with Crippen molar-refractivity contribution in [2.24, 2.45) is 11.7 Å². The summed E-state index contributed by atoms with van der Waals surface area (Å²) in [6.07, 6.45) is 4.22. The van der Waals surface area contributed by atoms with Gasteiger partial charge in [0.1, 0.15) is 0 Å². The maximum absolute atomic E-state index is 6.11. The molecule has 3 nitrogen and oxygen atoms in total. The first-order chi connectivity index (χ1) is 6.83. The van der Waals surface area contributed by atoms with Gasteiger partial charge >= 0.3 is 0 Å².